The Morgan fingerprint density at radius 2 is 1.87 bits per heavy atom. The molecule has 1 aliphatic rings. The van der Waals surface area contributed by atoms with E-state index in [9.17, 15) is 13.6 Å². The molecule has 6 nitrogen and oxygen atoms in total. The van der Waals surface area contributed by atoms with Crippen LogP contribution < -0.4 is 5.56 Å². The van der Waals surface area contributed by atoms with E-state index < -0.39 is 11.6 Å². The van der Waals surface area contributed by atoms with Crippen LogP contribution in [0.2, 0.25) is 0 Å². The molecule has 1 fully saturated rings. The lowest BCUT2D eigenvalue weighted by Crippen LogP contribution is -2.22. The molecule has 0 spiro atoms. The van der Waals surface area contributed by atoms with Gasteiger partial charge in [0.25, 0.3) is 5.56 Å². The number of benzene rings is 2. The first-order valence-corrected chi connectivity index (χ1v) is 10.9. The maximum atomic E-state index is 13.7. The minimum atomic E-state index is -1.06. The number of nitrogens with zero attached hydrogens (tertiary/aromatic N) is 4. The van der Waals surface area contributed by atoms with Gasteiger partial charge in [0.05, 0.1) is 16.7 Å². The van der Waals surface area contributed by atoms with Crippen LogP contribution in [0.1, 0.15) is 24.8 Å². The van der Waals surface area contributed by atoms with Crippen molar-refractivity contribution in [3.05, 3.63) is 68.7 Å². The summed E-state index contributed by atoms with van der Waals surface area (Å²) in [5, 5.41) is 4.48. The van der Waals surface area contributed by atoms with E-state index in [0.29, 0.717) is 16.9 Å². The van der Waals surface area contributed by atoms with Crippen molar-refractivity contribution in [2.75, 3.05) is 0 Å². The topological polar surface area (TPSA) is 73.8 Å². The fourth-order valence-corrected chi connectivity index (χ4v) is 4.25. The molecular formula is C20H13BrF2N4O2S. The Morgan fingerprint density at radius 3 is 2.60 bits per heavy atom. The number of halogens is 3. The summed E-state index contributed by atoms with van der Waals surface area (Å²) in [6.07, 6.45) is 1.69. The molecule has 30 heavy (non-hydrogen) atoms. The summed E-state index contributed by atoms with van der Waals surface area (Å²) in [5.41, 5.74) is 0.568. The summed E-state index contributed by atoms with van der Waals surface area (Å²) in [5.74, 6) is -0.972. The van der Waals surface area contributed by atoms with Crippen LogP contribution >= 0.6 is 27.7 Å². The van der Waals surface area contributed by atoms with Crippen LogP contribution in [0.4, 0.5) is 8.78 Å². The third-order valence-corrected chi connectivity index (χ3v) is 6.18. The molecule has 0 unspecified atom stereocenters. The van der Waals surface area contributed by atoms with Gasteiger partial charge in [-0.2, -0.15) is 4.98 Å². The van der Waals surface area contributed by atoms with Crippen molar-refractivity contribution in [2.24, 2.45) is 0 Å². The van der Waals surface area contributed by atoms with Gasteiger partial charge in [0.2, 0.25) is 11.7 Å². The predicted octanol–water partition coefficient (Wildman–Crippen LogP) is 5.11. The molecule has 152 valence electrons. The second-order valence-electron chi connectivity index (χ2n) is 6.89. The van der Waals surface area contributed by atoms with Crippen molar-refractivity contribution in [1.29, 1.82) is 0 Å². The summed E-state index contributed by atoms with van der Waals surface area (Å²) in [6, 6.07) is 9.39. The minimum Gasteiger partial charge on any atom is -0.338 e. The van der Waals surface area contributed by atoms with Gasteiger partial charge < -0.3 is 4.52 Å². The molecule has 1 aliphatic carbocycles. The Hall–Kier alpha value is -2.59. The van der Waals surface area contributed by atoms with E-state index >= 15 is 0 Å². The summed E-state index contributed by atoms with van der Waals surface area (Å²) >= 11 is 4.63. The van der Waals surface area contributed by atoms with Crippen LogP contribution in [0.3, 0.4) is 0 Å². The van der Waals surface area contributed by atoms with E-state index in [1.807, 2.05) is 24.3 Å². The minimum absolute atomic E-state index is 0.0195. The number of rotatable bonds is 5. The van der Waals surface area contributed by atoms with Gasteiger partial charge in [0, 0.05) is 22.1 Å². The molecule has 0 aliphatic heterocycles. The highest BCUT2D eigenvalue weighted by Gasteiger charge is 2.29. The number of aromatic nitrogens is 4. The van der Waals surface area contributed by atoms with Crippen LogP contribution in [0.25, 0.3) is 22.3 Å². The first-order chi connectivity index (χ1) is 14.5. The summed E-state index contributed by atoms with van der Waals surface area (Å²) < 4.78 is 35.1. The zero-order valence-corrected chi connectivity index (χ0v) is 17.7. The molecule has 4 aromatic rings. The van der Waals surface area contributed by atoms with Crippen molar-refractivity contribution in [1.82, 2.24) is 19.7 Å². The average molecular weight is 491 g/mol. The third kappa shape index (κ3) is 3.65. The normalized spacial score (nSPS) is 13.8. The zero-order valence-electron chi connectivity index (χ0n) is 15.3. The lowest BCUT2D eigenvalue weighted by molar-refractivity contribution is 0.391. The fourth-order valence-electron chi connectivity index (χ4n) is 3.09. The Bertz CT molecular complexity index is 1320. The molecule has 5 rings (SSSR count). The SMILES string of the molecule is O=c1c2cc(F)c(F)cc2nc(SCc2nc(-c3ccc(Br)cc3)no2)n1C1CC1. The van der Waals surface area contributed by atoms with Gasteiger partial charge in [-0.05, 0) is 43.2 Å². The quantitative estimate of drug-likeness (QED) is 0.285. The lowest BCUT2D eigenvalue weighted by atomic mass is 10.2. The number of hydrogen-bond donors (Lipinski definition) is 0. The molecule has 1 saturated carbocycles. The standard InChI is InChI=1S/C20H13BrF2N4O2S/c21-11-3-1-10(2-4-11)18-25-17(29-26-18)9-30-20-24-16-8-15(23)14(22)7-13(16)19(28)27(20)12-5-6-12/h1-4,7-8,12H,5-6,9H2. The van der Waals surface area contributed by atoms with E-state index in [0.717, 1.165) is 35.0 Å². The highest BCUT2D eigenvalue weighted by atomic mass is 79.9. The molecule has 2 aromatic heterocycles. The van der Waals surface area contributed by atoms with Crippen molar-refractivity contribution in [3.63, 3.8) is 0 Å². The maximum absolute atomic E-state index is 13.7. The smallest absolute Gasteiger partial charge is 0.262 e. The number of hydrogen-bond acceptors (Lipinski definition) is 6. The van der Waals surface area contributed by atoms with Gasteiger partial charge in [0.1, 0.15) is 0 Å². The van der Waals surface area contributed by atoms with E-state index in [4.69, 9.17) is 4.52 Å². The highest BCUT2D eigenvalue weighted by Crippen LogP contribution is 2.37. The number of fused-ring (bicyclic) bond motifs is 1. The molecule has 0 atom stereocenters. The van der Waals surface area contributed by atoms with Crippen LogP contribution in [0.5, 0.6) is 0 Å². The van der Waals surface area contributed by atoms with E-state index in [1.54, 1.807) is 4.57 Å². The van der Waals surface area contributed by atoms with E-state index in [-0.39, 0.29) is 28.3 Å². The summed E-state index contributed by atoms with van der Waals surface area (Å²) in [7, 11) is 0. The maximum Gasteiger partial charge on any atom is 0.262 e. The largest absolute Gasteiger partial charge is 0.338 e. The van der Waals surface area contributed by atoms with Crippen LogP contribution in [0, 0.1) is 11.6 Å². The van der Waals surface area contributed by atoms with Crippen LogP contribution in [0.15, 0.2) is 55.3 Å². The van der Waals surface area contributed by atoms with Gasteiger partial charge in [-0.15, -0.1) is 0 Å². The van der Waals surface area contributed by atoms with E-state index in [2.05, 4.69) is 31.1 Å². The third-order valence-electron chi connectivity index (χ3n) is 4.72. The number of thioether (sulfide) groups is 1. The first-order valence-electron chi connectivity index (χ1n) is 9.12. The summed E-state index contributed by atoms with van der Waals surface area (Å²) in [4.78, 5) is 21.7. The molecule has 0 amide bonds. The van der Waals surface area contributed by atoms with E-state index in [1.165, 1.54) is 11.8 Å². The molecule has 0 saturated heterocycles. The fraction of sp³-hybridized carbons (Fsp3) is 0.200. The summed E-state index contributed by atoms with van der Waals surface area (Å²) in [6.45, 7) is 0. The molecule has 2 aromatic carbocycles. The second kappa shape index (κ2) is 7.59. The molecule has 2 heterocycles. The van der Waals surface area contributed by atoms with Crippen molar-refractivity contribution < 1.29 is 13.3 Å². The predicted molar refractivity (Wildman–Crippen MR) is 111 cm³/mol. The molecule has 0 radical (unpaired) electrons. The van der Waals surface area contributed by atoms with Gasteiger partial charge in [-0.1, -0.05) is 32.8 Å². The Labute approximate surface area is 181 Å². The monoisotopic (exact) mass is 490 g/mol. The van der Waals surface area contributed by atoms with Gasteiger partial charge in [0.15, 0.2) is 16.8 Å². The Kier molecular flexibility index (Phi) is 4.90. The lowest BCUT2D eigenvalue weighted by Gasteiger charge is -2.11. The molecule has 0 bridgehead atoms. The Balaban J connectivity index is 1.45. The first kappa shape index (κ1) is 19.4. The molecule has 0 N–H and O–H groups in total. The van der Waals surface area contributed by atoms with Crippen molar-refractivity contribution in [3.8, 4) is 11.4 Å². The van der Waals surface area contributed by atoms with Gasteiger partial charge in [-0.25, -0.2) is 13.8 Å². The Morgan fingerprint density at radius 1 is 1.13 bits per heavy atom. The van der Waals surface area contributed by atoms with Gasteiger partial charge in [-0.3, -0.25) is 9.36 Å². The zero-order chi connectivity index (χ0) is 20.8. The van der Waals surface area contributed by atoms with Gasteiger partial charge >= 0.3 is 0 Å². The molecular weight excluding hydrogens is 478 g/mol. The average Bonchev–Trinajstić information content (AvgIpc) is 3.45. The van der Waals surface area contributed by atoms with Crippen molar-refractivity contribution in [2.45, 2.75) is 29.8 Å². The van der Waals surface area contributed by atoms with Crippen molar-refractivity contribution >= 4 is 38.6 Å². The highest BCUT2D eigenvalue weighted by molar-refractivity contribution is 9.10. The van der Waals surface area contributed by atoms with Crippen LogP contribution in [-0.2, 0) is 5.75 Å². The molecule has 10 heteroatoms. The second-order valence-corrected chi connectivity index (χ2v) is 8.75. The van der Waals surface area contributed by atoms with Crippen LogP contribution in [-0.4, -0.2) is 19.7 Å².